The van der Waals surface area contributed by atoms with Crippen LogP contribution in [0.15, 0.2) is 36.4 Å². The van der Waals surface area contributed by atoms with Crippen LogP contribution >= 0.6 is 0 Å². The largest absolute Gasteiger partial charge is 0.451 e. The Labute approximate surface area is 110 Å². The highest BCUT2D eigenvalue weighted by molar-refractivity contribution is 5.37. The van der Waals surface area contributed by atoms with E-state index in [1.165, 1.54) is 37.3 Å². The molecule has 2 rings (SSSR count). The lowest BCUT2D eigenvalue weighted by Gasteiger charge is -2.10. The summed E-state index contributed by atoms with van der Waals surface area (Å²) >= 11 is 0. The molecular formula is C15H14F2O2. The van der Waals surface area contributed by atoms with E-state index in [9.17, 15) is 13.9 Å². The van der Waals surface area contributed by atoms with Gasteiger partial charge in [0.15, 0.2) is 23.1 Å². The van der Waals surface area contributed by atoms with Gasteiger partial charge in [-0.25, -0.2) is 8.78 Å². The van der Waals surface area contributed by atoms with E-state index in [1.54, 1.807) is 13.0 Å². The number of hydrogen-bond donors (Lipinski definition) is 1. The van der Waals surface area contributed by atoms with Crippen molar-refractivity contribution in [1.29, 1.82) is 0 Å². The molecule has 2 nitrogen and oxygen atoms in total. The Hall–Kier alpha value is -1.94. The molecule has 0 unspecified atom stereocenters. The number of benzene rings is 2. The summed E-state index contributed by atoms with van der Waals surface area (Å²) < 4.78 is 32.5. The van der Waals surface area contributed by atoms with E-state index < -0.39 is 17.7 Å². The van der Waals surface area contributed by atoms with Crippen molar-refractivity contribution in [2.45, 2.75) is 20.0 Å². The summed E-state index contributed by atoms with van der Waals surface area (Å²) in [4.78, 5) is 0. The van der Waals surface area contributed by atoms with Crippen molar-refractivity contribution in [2.24, 2.45) is 0 Å². The molecule has 4 heteroatoms. The number of ether oxygens (including phenoxy) is 1. The fourth-order valence-corrected chi connectivity index (χ4v) is 1.67. The quantitative estimate of drug-likeness (QED) is 0.903. The van der Waals surface area contributed by atoms with Crippen LogP contribution in [0.3, 0.4) is 0 Å². The lowest BCUT2D eigenvalue weighted by molar-refractivity contribution is 0.198. The van der Waals surface area contributed by atoms with Crippen molar-refractivity contribution in [3.8, 4) is 11.5 Å². The van der Waals surface area contributed by atoms with Crippen molar-refractivity contribution >= 4 is 0 Å². The lowest BCUT2D eigenvalue weighted by Crippen LogP contribution is -1.96. The predicted molar refractivity (Wildman–Crippen MR) is 68.2 cm³/mol. The molecule has 0 bridgehead atoms. The predicted octanol–water partition coefficient (Wildman–Crippen LogP) is 4.12. The van der Waals surface area contributed by atoms with Crippen molar-refractivity contribution in [2.75, 3.05) is 0 Å². The molecule has 100 valence electrons. The van der Waals surface area contributed by atoms with Gasteiger partial charge in [0.1, 0.15) is 0 Å². The second-order valence-electron chi connectivity index (χ2n) is 4.40. The summed E-state index contributed by atoms with van der Waals surface area (Å²) in [6.07, 6.45) is -0.765. The minimum atomic E-state index is -0.765. The fraction of sp³-hybridized carbons (Fsp3) is 0.200. The highest BCUT2D eigenvalue weighted by Crippen LogP contribution is 2.29. The molecule has 1 atom stereocenters. The molecule has 0 amide bonds. The molecular weight excluding hydrogens is 250 g/mol. The maximum Gasteiger partial charge on any atom is 0.166 e. The van der Waals surface area contributed by atoms with Gasteiger partial charge in [0.25, 0.3) is 0 Å². The molecule has 0 aliphatic rings. The van der Waals surface area contributed by atoms with E-state index in [0.29, 0.717) is 5.56 Å². The second-order valence-corrected chi connectivity index (χ2v) is 4.40. The number of halogens is 2. The number of hydrogen-bond acceptors (Lipinski definition) is 2. The van der Waals surface area contributed by atoms with Gasteiger partial charge >= 0.3 is 0 Å². The standard InChI is InChI=1S/C15H14F2O2/c1-9-3-5-12(16)15(7-9)19-14-6-4-11(10(2)18)8-13(14)17/h3-8,10,18H,1-2H3/t10-/m1/s1. The molecule has 0 heterocycles. The van der Waals surface area contributed by atoms with E-state index in [0.717, 1.165) is 5.56 Å². The summed E-state index contributed by atoms with van der Waals surface area (Å²) in [6.45, 7) is 3.33. The van der Waals surface area contributed by atoms with E-state index in [4.69, 9.17) is 4.74 Å². The van der Waals surface area contributed by atoms with Crippen LogP contribution in [0, 0.1) is 18.6 Å². The third-order valence-electron chi connectivity index (χ3n) is 2.74. The summed E-state index contributed by atoms with van der Waals surface area (Å²) in [5.74, 6) is -1.29. The SMILES string of the molecule is Cc1ccc(F)c(Oc2ccc([C@@H](C)O)cc2F)c1. The summed E-state index contributed by atoms with van der Waals surface area (Å²) in [5.41, 5.74) is 1.26. The van der Waals surface area contributed by atoms with Gasteiger partial charge in [0.2, 0.25) is 0 Å². The zero-order valence-corrected chi connectivity index (χ0v) is 10.7. The Kier molecular flexibility index (Phi) is 3.81. The van der Waals surface area contributed by atoms with E-state index in [-0.39, 0.29) is 11.5 Å². The molecule has 2 aromatic rings. The first kappa shape index (κ1) is 13.5. The number of aryl methyl sites for hydroxylation is 1. The molecule has 19 heavy (non-hydrogen) atoms. The fourth-order valence-electron chi connectivity index (χ4n) is 1.67. The second kappa shape index (κ2) is 5.36. The Bertz CT molecular complexity index is 595. The van der Waals surface area contributed by atoms with Crippen LogP contribution in [0.25, 0.3) is 0 Å². The van der Waals surface area contributed by atoms with Crippen molar-refractivity contribution in [3.05, 3.63) is 59.2 Å². The van der Waals surface area contributed by atoms with Gasteiger partial charge in [0, 0.05) is 0 Å². The number of aliphatic hydroxyl groups excluding tert-OH is 1. The first-order valence-electron chi connectivity index (χ1n) is 5.89. The average molecular weight is 264 g/mol. The molecule has 0 fully saturated rings. The van der Waals surface area contributed by atoms with E-state index in [1.807, 2.05) is 0 Å². The van der Waals surface area contributed by atoms with Crippen LogP contribution in [-0.4, -0.2) is 5.11 Å². The van der Waals surface area contributed by atoms with Crippen molar-refractivity contribution in [3.63, 3.8) is 0 Å². The highest BCUT2D eigenvalue weighted by Gasteiger charge is 2.11. The molecule has 0 spiro atoms. The number of aliphatic hydroxyl groups is 1. The van der Waals surface area contributed by atoms with Gasteiger partial charge in [-0.05, 0) is 49.2 Å². The van der Waals surface area contributed by atoms with Gasteiger partial charge in [-0.15, -0.1) is 0 Å². The van der Waals surface area contributed by atoms with Gasteiger partial charge in [-0.3, -0.25) is 0 Å². The van der Waals surface area contributed by atoms with Crippen LogP contribution in [0.4, 0.5) is 8.78 Å². The van der Waals surface area contributed by atoms with Crippen LogP contribution in [0.1, 0.15) is 24.2 Å². The van der Waals surface area contributed by atoms with Crippen molar-refractivity contribution in [1.82, 2.24) is 0 Å². The van der Waals surface area contributed by atoms with E-state index in [2.05, 4.69) is 0 Å². The van der Waals surface area contributed by atoms with Crippen LogP contribution < -0.4 is 4.74 Å². The first-order valence-corrected chi connectivity index (χ1v) is 5.89. The maximum absolute atomic E-state index is 13.8. The molecule has 0 saturated carbocycles. The Morgan fingerprint density at radius 2 is 1.74 bits per heavy atom. The topological polar surface area (TPSA) is 29.5 Å². The third kappa shape index (κ3) is 3.09. The smallest absolute Gasteiger partial charge is 0.166 e. The average Bonchev–Trinajstić information content (AvgIpc) is 2.36. The lowest BCUT2D eigenvalue weighted by atomic mass is 10.1. The molecule has 2 aromatic carbocycles. The molecule has 1 N–H and O–H groups in total. The zero-order valence-electron chi connectivity index (χ0n) is 10.7. The monoisotopic (exact) mass is 264 g/mol. The van der Waals surface area contributed by atoms with Crippen LogP contribution in [0.2, 0.25) is 0 Å². The minimum Gasteiger partial charge on any atom is -0.451 e. The minimum absolute atomic E-state index is 0.0244. The molecule has 0 aromatic heterocycles. The summed E-state index contributed by atoms with van der Waals surface area (Å²) in [7, 11) is 0. The van der Waals surface area contributed by atoms with Gasteiger partial charge in [-0.2, -0.15) is 0 Å². The molecule has 0 aliphatic carbocycles. The summed E-state index contributed by atoms with van der Waals surface area (Å²) in [5, 5.41) is 9.34. The maximum atomic E-state index is 13.8. The summed E-state index contributed by atoms with van der Waals surface area (Å²) in [6, 6.07) is 8.46. The molecule has 0 saturated heterocycles. The number of rotatable bonds is 3. The zero-order chi connectivity index (χ0) is 14.0. The van der Waals surface area contributed by atoms with Gasteiger partial charge < -0.3 is 9.84 Å². The van der Waals surface area contributed by atoms with E-state index >= 15 is 0 Å². The molecule has 0 radical (unpaired) electrons. The van der Waals surface area contributed by atoms with Crippen LogP contribution in [-0.2, 0) is 0 Å². The van der Waals surface area contributed by atoms with Crippen molar-refractivity contribution < 1.29 is 18.6 Å². The Morgan fingerprint density at radius 1 is 1.00 bits per heavy atom. The van der Waals surface area contributed by atoms with Gasteiger partial charge in [0.05, 0.1) is 6.10 Å². The first-order chi connectivity index (χ1) is 8.97. The Morgan fingerprint density at radius 3 is 2.37 bits per heavy atom. The normalized spacial score (nSPS) is 12.3. The highest BCUT2D eigenvalue weighted by atomic mass is 19.1. The van der Waals surface area contributed by atoms with Crippen LogP contribution in [0.5, 0.6) is 11.5 Å². The third-order valence-corrected chi connectivity index (χ3v) is 2.74. The molecule has 0 aliphatic heterocycles. The Balaban J connectivity index is 2.31. The van der Waals surface area contributed by atoms with Gasteiger partial charge in [-0.1, -0.05) is 12.1 Å².